The van der Waals surface area contributed by atoms with E-state index in [0.29, 0.717) is 71.4 Å². The van der Waals surface area contributed by atoms with Crippen molar-refractivity contribution in [2.24, 2.45) is 12.2 Å². The standard InChI is InChI=1S/C49H57N13O6/c1-32(55-47(65)34-13-8-14-35(26-34)53-29-43-59-60-46(61(43)2)41-22-24-52-31-54-41)33-12-9-16-37(27-33)68-25-7-5-3-4-6-23-51-28-36(58-50)15-10-19-44(63)56-40-18-11-17-38-39(40)30-62(49(38)67)42-20-21-45(64)57-48(42)66/h8-9,11-14,16-18,22,24,26-28,31-32,42,50-51,53H,3-7,10,15,19-21,23,25,29-30H2,1-2H3,(H,55,65)(H,56,63)(H,57,64,66)/b36-28-,58-50?/t32-,42?/m1/s1. The van der Waals surface area contributed by atoms with Crippen molar-refractivity contribution < 1.29 is 28.7 Å². The molecular formula is C49H57N13O6. The van der Waals surface area contributed by atoms with Gasteiger partial charge in [-0.25, -0.2) is 15.5 Å². The minimum absolute atomic E-state index is 0.166. The van der Waals surface area contributed by atoms with Gasteiger partial charge in [0, 0.05) is 73.4 Å². The number of hydrogen-bond acceptors (Lipinski definition) is 14. The number of allylic oxidation sites excluding steroid dienone is 1. The lowest BCUT2D eigenvalue weighted by molar-refractivity contribution is -0.137. The summed E-state index contributed by atoms with van der Waals surface area (Å²) in [6.07, 6.45) is 11.4. The lowest BCUT2D eigenvalue weighted by Crippen LogP contribution is -2.52. The van der Waals surface area contributed by atoms with E-state index in [1.54, 1.807) is 42.7 Å². The van der Waals surface area contributed by atoms with Crippen molar-refractivity contribution in [1.82, 2.24) is 45.6 Å². The molecule has 5 amide bonds. The minimum Gasteiger partial charge on any atom is -0.494 e. The first kappa shape index (κ1) is 48.1. The normalized spacial score (nSPS) is 15.0. The van der Waals surface area contributed by atoms with Crippen molar-refractivity contribution in [3.63, 3.8) is 0 Å². The molecule has 2 aliphatic rings. The van der Waals surface area contributed by atoms with Crippen molar-refractivity contribution in [2.45, 2.75) is 96.3 Å². The molecule has 4 heterocycles. The number of fused-ring (bicyclic) bond motifs is 1. The van der Waals surface area contributed by atoms with Gasteiger partial charge in [-0.15, -0.1) is 10.2 Å². The second-order valence-electron chi connectivity index (χ2n) is 16.7. The molecule has 2 aromatic heterocycles. The number of benzene rings is 3. The average molecular weight is 924 g/mol. The highest BCUT2D eigenvalue weighted by atomic mass is 16.5. The fraction of sp³-hybridized carbons (Fsp3) is 0.367. The molecule has 2 aliphatic heterocycles. The maximum Gasteiger partial charge on any atom is 0.255 e. The number of rotatable bonds is 24. The summed E-state index contributed by atoms with van der Waals surface area (Å²) in [5, 5.41) is 27.1. The quantitative estimate of drug-likeness (QED) is 0.0214. The van der Waals surface area contributed by atoms with Crippen molar-refractivity contribution in [1.29, 1.82) is 5.53 Å². The van der Waals surface area contributed by atoms with E-state index in [4.69, 9.17) is 10.3 Å². The Morgan fingerprint density at radius 1 is 0.971 bits per heavy atom. The van der Waals surface area contributed by atoms with E-state index in [1.807, 2.05) is 61.0 Å². The maximum absolute atomic E-state index is 13.3. The van der Waals surface area contributed by atoms with Gasteiger partial charge in [-0.3, -0.25) is 29.3 Å². The molecule has 3 aromatic carbocycles. The van der Waals surface area contributed by atoms with E-state index in [0.717, 1.165) is 55.6 Å². The van der Waals surface area contributed by atoms with E-state index < -0.39 is 11.9 Å². The molecule has 1 saturated heterocycles. The Balaban J connectivity index is 0.741. The van der Waals surface area contributed by atoms with E-state index in [2.05, 4.69) is 51.9 Å². The predicted molar refractivity (Wildman–Crippen MR) is 253 cm³/mol. The van der Waals surface area contributed by atoms with Gasteiger partial charge in [-0.2, -0.15) is 5.11 Å². The van der Waals surface area contributed by atoms with E-state index >= 15 is 0 Å². The number of anilines is 2. The van der Waals surface area contributed by atoms with Crippen molar-refractivity contribution in [3.05, 3.63) is 125 Å². The van der Waals surface area contributed by atoms with Crippen LogP contribution in [0.5, 0.6) is 5.75 Å². The Labute approximate surface area is 394 Å². The third-order valence-electron chi connectivity index (χ3n) is 11.9. The number of imide groups is 1. The fourth-order valence-electron chi connectivity index (χ4n) is 8.10. The summed E-state index contributed by atoms with van der Waals surface area (Å²) >= 11 is 0. The molecule has 6 N–H and O–H groups in total. The molecule has 68 heavy (non-hydrogen) atoms. The maximum atomic E-state index is 13.3. The fourth-order valence-corrected chi connectivity index (χ4v) is 8.10. The Morgan fingerprint density at radius 2 is 1.79 bits per heavy atom. The Morgan fingerprint density at radius 3 is 2.62 bits per heavy atom. The molecule has 0 saturated carbocycles. The first-order chi connectivity index (χ1) is 33.1. The number of piperidine rings is 1. The van der Waals surface area contributed by atoms with Crippen LogP contribution in [0, 0.1) is 5.53 Å². The number of carbonyl (C=O) groups excluding carboxylic acids is 5. The van der Waals surface area contributed by atoms with E-state index in [1.165, 1.54) is 11.2 Å². The molecule has 1 fully saturated rings. The van der Waals surface area contributed by atoms with Crippen molar-refractivity contribution >= 4 is 40.9 Å². The zero-order chi connectivity index (χ0) is 47.8. The van der Waals surface area contributed by atoms with Crippen LogP contribution in [0.3, 0.4) is 0 Å². The monoisotopic (exact) mass is 923 g/mol. The number of nitrogens with zero attached hydrogens (tertiary/aromatic N) is 7. The average Bonchev–Trinajstić information content (AvgIpc) is 3.89. The summed E-state index contributed by atoms with van der Waals surface area (Å²) in [6.45, 7) is 3.85. The summed E-state index contributed by atoms with van der Waals surface area (Å²) in [5.41, 5.74) is 12.7. The largest absolute Gasteiger partial charge is 0.494 e. The van der Waals surface area contributed by atoms with E-state index in [-0.39, 0.29) is 55.5 Å². The van der Waals surface area contributed by atoms with E-state index in [9.17, 15) is 24.0 Å². The van der Waals surface area contributed by atoms with Crippen LogP contribution in [-0.4, -0.2) is 78.4 Å². The summed E-state index contributed by atoms with van der Waals surface area (Å²) in [7, 11) is 1.88. The number of ether oxygens (including phenoxy) is 1. The van der Waals surface area contributed by atoms with Crippen LogP contribution in [0.25, 0.3) is 11.5 Å². The van der Waals surface area contributed by atoms with Gasteiger partial charge in [0.15, 0.2) is 11.6 Å². The summed E-state index contributed by atoms with van der Waals surface area (Å²) < 4.78 is 7.94. The topological polar surface area (TPSA) is 251 Å². The number of amides is 5. The summed E-state index contributed by atoms with van der Waals surface area (Å²) in [5.74, 6) is 0.562. The van der Waals surface area contributed by atoms with Gasteiger partial charge in [-0.1, -0.05) is 43.5 Å². The first-order valence-corrected chi connectivity index (χ1v) is 23.0. The molecule has 19 nitrogen and oxygen atoms in total. The van der Waals surface area contributed by atoms with Gasteiger partial charge in [0.2, 0.25) is 17.7 Å². The molecule has 0 radical (unpaired) electrons. The summed E-state index contributed by atoms with van der Waals surface area (Å²) in [4.78, 5) is 73.0. The molecular weight excluding hydrogens is 867 g/mol. The SMILES string of the molecule is C[C@@H](NC(=O)c1cccc(NCc2nnc(-c3ccncn3)n2C)c1)c1cccc(OCCCCCCCN/C=C(/CCCC(=O)Nc2cccc3c2CN(C2CCC(=O)NC2=O)C3=O)N=N)c1. The molecule has 1 unspecified atom stereocenters. The second kappa shape index (κ2) is 23.6. The second-order valence-corrected chi connectivity index (χ2v) is 16.7. The highest BCUT2D eigenvalue weighted by Gasteiger charge is 2.40. The number of unbranched alkanes of at least 4 members (excludes halogenated alkanes) is 4. The number of nitrogens with one attached hydrogen (secondary N) is 6. The third-order valence-corrected chi connectivity index (χ3v) is 11.9. The number of carbonyl (C=O) groups is 5. The smallest absolute Gasteiger partial charge is 0.255 e. The zero-order valence-corrected chi connectivity index (χ0v) is 38.3. The lowest BCUT2D eigenvalue weighted by atomic mass is 10.0. The Hall–Kier alpha value is -7.83. The molecule has 0 spiro atoms. The van der Waals surface area contributed by atoms with Gasteiger partial charge < -0.3 is 35.5 Å². The molecule has 5 aromatic rings. The van der Waals surface area contributed by atoms with Gasteiger partial charge >= 0.3 is 0 Å². The van der Waals surface area contributed by atoms with Crippen LogP contribution in [0.1, 0.15) is 115 Å². The lowest BCUT2D eigenvalue weighted by Gasteiger charge is -2.29. The van der Waals surface area contributed by atoms with Crippen LogP contribution >= 0.6 is 0 Å². The molecule has 2 atom stereocenters. The van der Waals surface area contributed by atoms with Crippen LogP contribution in [-0.2, 0) is 34.5 Å². The number of hydrogen-bond donors (Lipinski definition) is 6. The zero-order valence-electron chi connectivity index (χ0n) is 38.3. The molecule has 7 rings (SSSR count). The number of aromatic nitrogens is 5. The van der Waals surface area contributed by atoms with Crippen molar-refractivity contribution in [2.75, 3.05) is 23.8 Å². The molecule has 19 heteroatoms. The summed E-state index contributed by atoms with van der Waals surface area (Å²) in [6, 6.07) is 21.0. The van der Waals surface area contributed by atoms with Gasteiger partial charge in [0.25, 0.3) is 11.8 Å². The van der Waals surface area contributed by atoms with Crippen LogP contribution in [0.4, 0.5) is 11.4 Å². The highest BCUT2D eigenvalue weighted by Crippen LogP contribution is 2.32. The highest BCUT2D eigenvalue weighted by molar-refractivity contribution is 6.06. The Kier molecular flexibility index (Phi) is 16.7. The predicted octanol–water partition coefficient (Wildman–Crippen LogP) is 6.74. The van der Waals surface area contributed by atoms with Gasteiger partial charge in [-0.05, 0) is 93.1 Å². The van der Waals surface area contributed by atoms with Gasteiger partial charge in [0.1, 0.15) is 23.8 Å². The minimum atomic E-state index is -0.733. The molecule has 354 valence electrons. The first-order valence-electron chi connectivity index (χ1n) is 23.0. The van der Waals surface area contributed by atoms with Crippen LogP contribution < -0.4 is 31.3 Å². The molecule has 0 aliphatic carbocycles. The molecule has 0 bridgehead atoms. The van der Waals surface area contributed by atoms with Crippen LogP contribution in [0.2, 0.25) is 0 Å². The Bertz CT molecular complexity index is 2630. The van der Waals surface area contributed by atoms with Crippen molar-refractivity contribution in [3.8, 4) is 17.3 Å². The van der Waals surface area contributed by atoms with Crippen LogP contribution in [0.15, 0.2) is 102 Å². The third kappa shape index (κ3) is 12.7. The van der Waals surface area contributed by atoms with Gasteiger partial charge in [0.05, 0.1) is 24.9 Å².